The van der Waals surface area contributed by atoms with Gasteiger partial charge in [-0.3, -0.25) is 4.79 Å². The molecule has 0 fully saturated rings. The van der Waals surface area contributed by atoms with E-state index in [2.05, 4.69) is 10.2 Å². The number of carbonyl (C=O) groups excluding carboxylic acids is 1. The van der Waals surface area contributed by atoms with Gasteiger partial charge in [0.15, 0.2) is 0 Å². The molecule has 0 amide bonds. The lowest BCUT2D eigenvalue weighted by Crippen LogP contribution is -2.20. The van der Waals surface area contributed by atoms with Crippen molar-refractivity contribution in [2.75, 3.05) is 6.61 Å². The molecule has 1 aromatic heterocycles. The molecule has 16 heavy (non-hydrogen) atoms. The van der Waals surface area contributed by atoms with Gasteiger partial charge in [-0.2, -0.15) is 0 Å². The van der Waals surface area contributed by atoms with E-state index in [9.17, 15) is 4.79 Å². The van der Waals surface area contributed by atoms with E-state index >= 15 is 0 Å². The van der Waals surface area contributed by atoms with Crippen LogP contribution in [0.2, 0.25) is 0 Å². The largest absolute Gasteiger partial charge is 0.465 e. The quantitative estimate of drug-likeness (QED) is 0.692. The molecule has 5 heteroatoms. The third-order valence-electron chi connectivity index (χ3n) is 2.45. The molecule has 1 rings (SSSR count). The van der Waals surface area contributed by atoms with E-state index in [1.807, 2.05) is 25.3 Å². The predicted octanol–water partition coefficient (Wildman–Crippen LogP) is 1.74. The highest BCUT2D eigenvalue weighted by Gasteiger charge is 2.25. The summed E-state index contributed by atoms with van der Waals surface area (Å²) in [4.78, 5) is 11.8. The summed E-state index contributed by atoms with van der Waals surface area (Å²) in [6, 6.07) is 0. The van der Waals surface area contributed by atoms with Crippen LogP contribution in [0.25, 0.3) is 0 Å². The van der Waals surface area contributed by atoms with Crippen molar-refractivity contribution in [1.29, 1.82) is 0 Å². The fourth-order valence-electron chi connectivity index (χ4n) is 1.66. The van der Waals surface area contributed by atoms with Gasteiger partial charge in [0.2, 0.25) is 0 Å². The summed E-state index contributed by atoms with van der Waals surface area (Å²) in [5.74, 6) is 0.224. The number of ether oxygens (including phenoxy) is 1. The van der Waals surface area contributed by atoms with Crippen LogP contribution in [-0.4, -0.2) is 27.3 Å². The van der Waals surface area contributed by atoms with Crippen molar-refractivity contribution < 1.29 is 9.53 Å². The maximum absolute atomic E-state index is 11.8. The molecule has 5 nitrogen and oxygen atoms in total. The van der Waals surface area contributed by atoms with E-state index in [1.165, 1.54) is 0 Å². The number of hydrogen-bond acceptors (Lipinski definition) is 4. The second kappa shape index (κ2) is 6.25. The highest BCUT2D eigenvalue weighted by atomic mass is 16.5. The summed E-state index contributed by atoms with van der Waals surface area (Å²) < 4.78 is 6.95. The Labute approximate surface area is 95.8 Å². The number of nitrogens with zero attached hydrogens (tertiary/aromatic N) is 3. The standard InChI is InChI=1S/C11H19N3O2/c1-4-7-9(11(15)16-6-3)10-13-12-8-14(10)5-2/h8-9H,4-7H2,1-3H3. The summed E-state index contributed by atoms with van der Waals surface area (Å²) in [5, 5.41) is 7.87. The summed E-state index contributed by atoms with van der Waals surface area (Å²) in [5.41, 5.74) is 0. The van der Waals surface area contributed by atoms with Gasteiger partial charge < -0.3 is 9.30 Å². The SMILES string of the molecule is CCCC(C(=O)OCC)c1nncn1CC. The minimum absolute atomic E-state index is 0.202. The van der Waals surface area contributed by atoms with Gasteiger partial charge in [-0.25, -0.2) is 0 Å². The summed E-state index contributed by atoms with van der Waals surface area (Å²) in [6.07, 6.45) is 3.31. The van der Waals surface area contributed by atoms with Crippen molar-refractivity contribution in [3.8, 4) is 0 Å². The van der Waals surface area contributed by atoms with E-state index in [0.29, 0.717) is 12.4 Å². The van der Waals surface area contributed by atoms with Crippen LogP contribution in [-0.2, 0) is 16.1 Å². The molecule has 90 valence electrons. The van der Waals surface area contributed by atoms with Crippen LogP contribution in [0, 0.1) is 0 Å². The summed E-state index contributed by atoms with van der Waals surface area (Å²) in [6.45, 7) is 7.02. The molecule has 0 aromatic carbocycles. The maximum atomic E-state index is 11.8. The van der Waals surface area contributed by atoms with Crippen LogP contribution in [0.15, 0.2) is 6.33 Å². The Morgan fingerprint density at radius 1 is 1.50 bits per heavy atom. The lowest BCUT2D eigenvalue weighted by Gasteiger charge is -2.14. The molecule has 1 aromatic rings. The highest BCUT2D eigenvalue weighted by molar-refractivity contribution is 5.77. The number of esters is 1. The molecule has 1 unspecified atom stereocenters. The average molecular weight is 225 g/mol. The zero-order chi connectivity index (χ0) is 12.0. The molecule has 1 atom stereocenters. The monoisotopic (exact) mass is 225 g/mol. The Morgan fingerprint density at radius 3 is 2.81 bits per heavy atom. The van der Waals surface area contributed by atoms with Crippen LogP contribution in [0.4, 0.5) is 0 Å². The smallest absolute Gasteiger partial charge is 0.316 e. The fourth-order valence-corrected chi connectivity index (χ4v) is 1.66. The molecule has 0 saturated carbocycles. The van der Waals surface area contributed by atoms with E-state index in [0.717, 1.165) is 19.4 Å². The normalized spacial score (nSPS) is 12.4. The van der Waals surface area contributed by atoms with E-state index < -0.39 is 0 Å². The lowest BCUT2D eigenvalue weighted by atomic mass is 10.0. The third-order valence-corrected chi connectivity index (χ3v) is 2.45. The maximum Gasteiger partial charge on any atom is 0.316 e. The van der Waals surface area contributed by atoms with Crippen LogP contribution in [0.1, 0.15) is 45.4 Å². The molecular formula is C11H19N3O2. The first-order valence-corrected chi connectivity index (χ1v) is 5.78. The molecule has 0 spiro atoms. The van der Waals surface area contributed by atoms with Crippen LogP contribution in [0.5, 0.6) is 0 Å². The van der Waals surface area contributed by atoms with Crippen molar-refractivity contribution in [2.45, 2.75) is 46.1 Å². The first-order valence-electron chi connectivity index (χ1n) is 5.78. The van der Waals surface area contributed by atoms with Gasteiger partial charge in [-0.15, -0.1) is 10.2 Å². The zero-order valence-corrected chi connectivity index (χ0v) is 10.1. The van der Waals surface area contributed by atoms with Crippen LogP contribution in [0.3, 0.4) is 0 Å². The number of carbonyl (C=O) groups is 1. The second-order valence-corrected chi connectivity index (χ2v) is 3.57. The molecule has 0 N–H and O–H groups in total. The van der Waals surface area contributed by atoms with Crippen molar-refractivity contribution in [3.05, 3.63) is 12.2 Å². The molecular weight excluding hydrogens is 206 g/mol. The van der Waals surface area contributed by atoms with Gasteiger partial charge >= 0.3 is 5.97 Å². The number of hydrogen-bond donors (Lipinski definition) is 0. The first kappa shape index (κ1) is 12.7. The molecule has 0 saturated heterocycles. The number of rotatable bonds is 6. The van der Waals surface area contributed by atoms with E-state index in [-0.39, 0.29) is 11.9 Å². The molecule has 0 aliphatic heterocycles. The van der Waals surface area contributed by atoms with Gasteiger partial charge in [0, 0.05) is 6.54 Å². The van der Waals surface area contributed by atoms with Crippen molar-refractivity contribution in [2.24, 2.45) is 0 Å². The molecule has 0 radical (unpaired) electrons. The predicted molar refractivity (Wildman–Crippen MR) is 60.0 cm³/mol. The van der Waals surface area contributed by atoms with Gasteiger partial charge in [0.25, 0.3) is 0 Å². The zero-order valence-electron chi connectivity index (χ0n) is 10.1. The van der Waals surface area contributed by atoms with Gasteiger partial charge in [0.1, 0.15) is 18.1 Å². The van der Waals surface area contributed by atoms with Gasteiger partial charge in [-0.1, -0.05) is 13.3 Å². The molecule has 0 bridgehead atoms. The van der Waals surface area contributed by atoms with Crippen molar-refractivity contribution >= 4 is 5.97 Å². The third kappa shape index (κ3) is 2.81. The summed E-state index contributed by atoms with van der Waals surface area (Å²) in [7, 11) is 0. The Morgan fingerprint density at radius 2 is 2.25 bits per heavy atom. The second-order valence-electron chi connectivity index (χ2n) is 3.57. The van der Waals surface area contributed by atoms with Crippen molar-refractivity contribution in [3.63, 3.8) is 0 Å². The highest BCUT2D eigenvalue weighted by Crippen LogP contribution is 2.20. The minimum Gasteiger partial charge on any atom is -0.465 e. The minimum atomic E-state index is -0.285. The van der Waals surface area contributed by atoms with E-state index in [1.54, 1.807) is 6.33 Å². The topological polar surface area (TPSA) is 57.0 Å². The summed E-state index contributed by atoms with van der Waals surface area (Å²) >= 11 is 0. The Balaban J connectivity index is 2.88. The number of aromatic nitrogens is 3. The lowest BCUT2D eigenvalue weighted by molar-refractivity contribution is -0.145. The van der Waals surface area contributed by atoms with E-state index in [4.69, 9.17) is 4.74 Å². The fraction of sp³-hybridized carbons (Fsp3) is 0.727. The molecule has 0 aliphatic carbocycles. The van der Waals surface area contributed by atoms with Gasteiger partial charge in [-0.05, 0) is 20.3 Å². The Hall–Kier alpha value is -1.39. The number of aryl methyl sites for hydroxylation is 1. The Kier molecular flexibility index (Phi) is 4.95. The van der Waals surface area contributed by atoms with Crippen molar-refractivity contribution in [1.82, 2.24) is 14.8 Å². The van der Waals surface area contributed by atoms with Crippen LogP contribution < -0.4 is 0 Å². The van der Waals surface area contributed by atoms with Gasteiger partial charge in [0.05, 0.1) is 6.61 Å². The first-order chi connectivity index (χ1) is 7.74. The molecule has 0 aliphatic rings. The van der Waals surface area contributed by atoms with Crippen LogP contribution >= 0.6 is 0 Å². The average Bonchev–Trinajstić information content (AvgIpc) is 2.73. The molecule has 1 heterocycles. The Bertz CT molecular complexity index is 336.